The fraction of sp³-hybridized carbons (Fsp3) is 0.515. The van der Waals surface area contributed by atoms with Gasteiger partial charge in [0.1, 0.15) is 70.6 Å². The Hall–Kier alpha value is -3.80. The molecule has 0 bridgehead atoms. The SMILES string of the molecule is CCC(C)C(=O)O[C@@H]1[C@@H](O)[C@H](C)O[C@@H](OC[C@H]2O[C@@H](Oc3cc(O)c4c(=O)cc(-c5ccc(OC)cc5)oc4c3)[C@H](O)[C@@H](O)[C@@H]2O)[C@@H]1O. The molecule has 5 rings (SSSR count). The highest BCUT2D eigenvalue weighted by molar-refractivity contribution is 5.86. The van der Waals surface area contributed by atoms with Gasteiger partial charge >= 0.3 is 5.97 Å². The molecule has 3 aromatic rings. The topological polar surface area (TPSA) is 224 Å². The van der Waals surface area contributed by atoms with Crippen molar-refractivity contribution in [3.63, 3.8) is 0 Å². The highest BCUT2D eigenvalue weighted by Crippen LogP contribution is 2.34. The van der Waals surface area contributed by atoms with E-state index in [9.17, 15) is 40.2 Å². The van der Waals surface area contributed by atoms with Gasteiger partial charge in [0, 0.05) is 23.8 Å². The normalized spacial score (nSPS) is 31.3. The molecule has 2 fully saturated rings. The minimum absolute atomic E-state index is 0.0441. The molecule has 3 heterocycles. The molecule has 0 saturated carbocycles. The van der Waals surface area contributed by atoms with E-state index in [2.05, 4.69) is 0 Å². The second-order valence-electron chi connectivity index (χ2n) is 11.9. The minimum atomic E-state index is -1.78. The summed E-state index contributed by atoms with van der Waals surface area (Å²) in [5, 5.41) is 63.8. The van der Waals surface area contributed by atoms with Crippen molar-refractivity contribution in [2.75, 3.05) is 13.7 Å². The third-order valence-corrected chi connectivity index (χ3v) is 8.55. The van der Waals surface area contributed by atoms with Gasteiger partial charge in [-0.2, -0.15) is 0 Å². The molecule has 2 aliphatic heterocycles. The quantitative estimate of drug-likeness (QED) is 0.163. The van der Waals surface area contributed by atoms with Crippen LogP contribution in [0.25, 0.3) is 22.3 Å². The Morgan fingerprint density at radius 2 is 1.60 bits per heavy atom. The van der Waals surface area contributed by atoms with Gasteiger partial charge in [-0.1, -0.05) is 13.8 Å². The summed E-state index contributed by atoms with van der Waals surface area (Å²) in [6, 6.07) is 10.4. The summed E-state index contributed by atoms with van der Waals surface area (Å²) < 4.78 is 39.1. The molecule has 0 radical (unpaired) electrons. The van der Waals surface area contributed by atoms with Gasteiger partial charge in [0.05, 0.1) is 25.7 Å². The van der Waals surface area contributed by atoms with Crippen LogP contribution in [0.15, 0.2) is 51.7 Å². The lowest BCUT2D eigenvalue weighted by molar-refractivity contribution is -0.320. The van der Waals surface area contributed by atoms with Crippen LogP contribution in [0.2, 0.25) is 0 Å². The Labute approximate surface area is 274 Å². The van der Waals surface area contributed by atoms with Crippen molar-refractivity contribution < 1.29 is 68.3 Å². The number of hydrogen-bond acceptors (Lipinski definition) is 15. The lowest BCUT2D eigenvalue weighted by Gasteiger charge is -2.43. The molecule has 11 atom stereocenters. The maximum absolute atomic E-state index is 12.9. The lowest BCUT2D eigenvalue weighted by atomic mass is 9.98. The van der Waals surface area contributed by atoms with Gasteiger partial charge in [0.25, 0.3) is 0 Å². The Kier molecular flexibility index (Phi) is 10.9. The van der Waals surface area contributed by atoms with Gasteiger partial charge in [-0.05, 0) is 37.6 Å². The molecule has 0 aliphatic carbocycles. The number of aromatic hydroxyl groups is 1. The van der Waals surface area contributed by atoms with Crippen LogP contribution >= 0.6 is 0 Å². The van der Waals surface area contributed by atoms with E-state index < -0.39 is 91.1 Å². The molecule has 6 N–H and O–H groups in total. The highest BCUT2D eigenvalue weighted by Gasteiger charge is 2.49. The molecule has 0 amide bonds. The number of aliphatic hydroxyl groups excluding tert-OH is 5. The number of ether oxygens (including phenoxy) is 6. The number of hydrogen-bond donors (Lipinski definition) is 6. The van der Waals surface area contributed by atoms with E-state index in [1.54, 1.807) is 38.1 Å². The Bertz CT molecular complexity index is 1620. The molecule has 2 saturated heterocycles. The molecule has 2 aromatic carbocycles. The number of carbonyl (C=O) groups excluding carboxylic acids is 1. The predicted molar refractivity (Wildman–Crippen MR) is 165 cm³/mol. The van der Waals surface area contributed by atoms with Crippen molar-refractivity contribution in [2.24, 2.45) is 5.92 Å². The molecule has 48 heavy (non-hydrogen) atoms. The molecule has 15 heteroatoms. The van der Waals surface area contributed by atoms with Crippen LogP contribution < -0.4 is 14.9 Å². The fourth-order valence-electron chi connectivity index (χ4n) is 5.38. The summed E-state index contributed by atoms with van der Waals surface area (Å²) in [5.41, 5.74) is -0.0124. The Morgan fingerprint density at radius 1 is 0.896 bits per heavy atom. The maximum atomic E-state index is 12.9. The molecule has 15 nitrogen and oxygen atoms in total. The predicted octanol–water partition coefficient (Wildman–Crippen LogP) is 0.802. The van der Waals surface area contributed by atoms with Crippen LogP contribution in [0.4, 0.5) is 0 Å². The van der Waals surface area contributed by atoms with Crippen molar-refractivity contribution in [3.05, 3.63) is 52.7 Å². The molecule has 1 aromatic heterocycles. The number of aliphatic hydroxyl groups is 5. The average molecular weight is 677 g/mol. The average Bonchev–Trinajstić information content (AvgIpc) is 3.07. The van der Waals surface area contributed by atoms with Crippen LogP contribution in [0, 0.1) is 5.92 Å². The summed E-state index contributed by atoms with van der Waals surface area (Å²) in [7, 11) is 1.52. The van der Waals surface area contributed by atoms with E-state index in [1.165, 1.54) is 26.2 Å². The Balaban J connectivity index is 1.31. The molecular weight excluding hydrogens is 636 g/mol. The standard InChI is InChI=1S/C33H40O15/c1-5-14(2)31(41)48-30-25(36)15(3)44-32(29(30)40)43-13-23-26(37)27(38)28(39)33(47-23)45-18-10-19(34)24-20(35)12-21(46-22(24)11-18)16-6-8-17(42-4)9-7-16/h6-12,14-15,23,25-30,32-34,36-40H,5,13H2,1-4H3/t14?,15-,23+,25-,26+,27-,28+,29+,30+,32+,33+/m0/s1. The van der Waals surface area contributed by atoms with Gasteiger partial charge in [-0.3, -0.25) is 9.59 Å². The van der Waals surface area contributed by atoms with Gasteiger partial charge in [-0.15, -0.1) is 0 Å². The molecule has 0 spiro atoms. The van der Waals surface area contributed by atoms with Gasteiger partial charge in [-0.25, -0.2) is 0 Å². The number of rotatable bonds is 10. The van der Waals surface area contributed by atoms with Crippen molar-refractivity contribution in [1.29, 1.82) is 0 Å². The summed E-state index contributed by atoms with van der Waals surface area (Å²) in [5.74, 6) is -0.892. The summed E-state index contributed by atoms with van der Waals surface area (Å²) in [4.78, 5) is 25.3. The smallest absolute Gasteiger partial charge is 0.309 e. The van der Waals surface area contributed by atoms with E-state index in [-0.39, 0.29) is 22.5 Å². The second kappa shape index (κ2) is 14.8. The lowest BCUT2D eigenvalue weighted by Crippen LogP contribution is -2.62. The van der Waals surface area contributed by atoms with E-state index in [0.29, 0.717) is 17.7 Å². The second-order valence-corrected chi connectivity index (χ2v) is 11.9. The zero-order valence-electron chi connectivity index (χ0n) is 26.7. The number of phenols is 1. The number of carbonyl (C=O) groups is 1. The summed E-state index contributed by atoms with van der Waals surface area (Å²) in [6.45, 7) is 4.42. The first kappa shape index (κ1) is 35.5. The van der Waals surface area contributed by atoms with Crippen LogP contribution in [0.1, 0.15) is 27.2 Å². The van der Waals surface area contributed by atoms with Crippen molar-refractivity contribution >= 4 is 16.9 Å². The van der Waals surface area contributed by atoms with Crippen molar-refractivity contribution in [1.82, 2.24) is 0 Å². The van der Waals surface area contributed by atoms with Crippen molar-refractivity contribution in [3.8, 4) is 28.6 Å². The number of esters is 1. The van der Waals surface area contributed by atoms with Gasteiger partial charge in [0.2, 0.25) is 6.29 Å². The largest absolute Gasteiger partial charge is 0.507 e. The highest BCUT2D eigenvalue weighted by atomic mass is 16.7. The summed E-state index contributed by atoms with van der Waals surface area (Å²) >= 11 is 0. The van der Waals surface area contributed by atoms with Crippen LogP contribution in [-0.2, 0) is 23.7 Å². The third kappa shape index (κ3) is 7.28. The number of benzene rings is 2. The molecule has 262 valence electrons. The first-order valence-electron chi connectivity index (χ1n) is 15.5. The minimum Gasteiger partial charge on any atom is -0.507 e. The zero-order chi connectivity index (χ0) is 34.9. The third-order valence-electron chi connectivity index (χ3n) is 8.55. The number of methoxy groups -OCH3 is 1. The number of phenolic OH excluding ortho intramolecular Hbond substituents is 1. The first-order valence-corrected chi connectivity index (χ1v) is 15.5. The first-order chi connectivity index (χ1) is 22.8. The van der Waals surface area contributed by atoms with E-state index in [4.69, 9.17) is 32.8 Å². The van der Waals surface area contributed by atoms with Gasteiger partial charge < -0.3 is 63.5 Å². The maximum Gasteiger partial charge on any atom is 0.309 e. The van der Waals surface area contributed by atoms with Crippen LogP contribution in [-0.4, -0.2) is 112 Å². The van der Waals surface area contributed by atoms with E-state index in [0.717, 1.165) is 6.07 Å². The Morgan fingerprint density at radius 3 is 2.27 bits per heavy atom. The zero-order valence-corrected chi connectivity index (χ0v) is 26.7. The van der Waals surface area contributed by atoms with Crippen LogP contribution in [0.5, 0.6) is 17.2 Å². The van der Waals surface area contributed by atoms with Gasteiger partial charge in [0.15, 0.2) is 17.8 Å². The van der Waals surface area contributed by atoms with E-state index >= 15 is 0 Å². The van der Waals surface area contributed by atoms with E-state index in [1.807, 2.05) is 0 Å². The number of fused-ring (bicyclic) bond motifs is 1. The molecule has 1 unspecified atom stereocenters. The van der Waals surface area contributed by atoms with Crippen molar-refractivity contribution in [2.45, 2.75) is 88.6 Å². The van der Waals surface area contributed by atoms with Crippen LogP contribution in [0.3, 0.4) is 0 Å². The molecule has 2 aliphatic rings. The summed E-state index contributed by atoms with van der Waals surface area (Å²) in [6.07, 6.45) is -14.4. The molecular formula is C33H40O15. The monoisotopic (exact) mass is 676 g/mol. The fourth-order valence-corrected chi connectivity index (χ4v) is 5.38.